The van der Waals surface area contributed by atoms with Gasteiger partial charge in [0.1, 0.15) is 0 Å². The Morgan fingerprint density at radius 1 is 1.12 bits per heavy atom. The van der Waals surface area contributed by atoms with E-state index in [1.165, 1.54) is 0 Å². The van der Waals surface area contributed by atoms with Gasteiger partial charge in [-0.15, -0.1) is 0 Å². The highest BCUT2D eigenvalue weighted by molar-refractivity contribution is 5.93. The molecule has 2 aromatic rings. The zero-order chi connectivity index (χ0) is 17.1. The van der Waals surface area contributed by atoms with Crippen molar-refractivity contribution in [1.29, 1.82) is 0 Å². The van der Waals surface area contributed by atoms with Crippen LogP contribution in [0.2, 0.25) is 0 Å². The summed E-state index contributed by atoms with van der Waals surface area (Å²) in [5.74, 6) is -0.578. The highest BCUT2D eigenvalue weighted by atomic mass is 16.5. The molecule has 0 saturated heterocycles. The van der Waals surface area contributed by atoms with E-state index in [0.29, 0.717) is 25.1 Å². The first-order chi connectivity index (χ1) is 11.6. The summed E-state index contributed by atoms with van der Waals surface area (Å²) in [6.07, 6.45) is 0.704. The molecule has 124 valence electrons. The lowest BCUT2D eigenvalue weighted by atomic mass is 9.94. The quantitative estimate of drug-likeness (QED) is 0.673. The molecule has 0 unspecified atom stereocenters. The first-order valence-corrected chi connectivity index (χ1v) is 8.00. The van der Waals surface area contributed by atoms with Crippen molar-refractivity contribution in [2.75, 3.05) is 6.54 Å². The van der Waals surface area contributed by atoms with E-state index in [9.17, 15) is 9.59 Å². The Hall–Kier alpha value is -2.66. The van der Waals surface area contributed by atoms with Crippen LogP contribution in [-0.2, 0) is 17.8 Å². The number of hydrogen-bond acceptors (Lipinski definition) is 3. The number of carbonyl (C=O) groups is 2. The van der Waals surface area contributed by atoms with Gasteiger partial charge in [-0.2, -0.15) is 0 Å². The van der Waals surface area contributed by atoms with Gasteiger partial charge in [0.25, 0.3) is 5.91 Å². The molecule has 0 spiro atoms. The molecule has 1 aliphatic rings. The molecule has 2 aromatic carbocycles. The number of amides is 2. The molecule has 5 heteroatoms. The van der Waals surface area contributed by atoms with Gasteiger partial charge in [-0.1, -0.05) is 36.4 Å². The number of benzene rings is 2. The van der Waals surface area contributed by atoms with Gasteiger partial charge in [0.15, 0.2) is 0 Å². The SMILES string of the molecule is C[C@H](C(=O)N1CCc2cc(C(=O)NO)ccc2C1)c1ccccc1. The van der Waals surface area contributed by atoms with Crippen LogP contribution in [0, 0.1) is 0 Å². The third kappa shape index (κ3) is 3.16. The van der Waals surface area contributed by atoms with Gasteiger partial charge in [-0.05, 0) is 42.2 Å². The molecule has 0 bridgehead atoms. The standard InChI is InChI=1S/C19H20N2O3/c1-13(14-5-3-2-4-6-14)19(23)21-10-9-15-11-16(18(22)20-24)7-8-17(15)12-21/h2-8,11,13,24H,9-10,12H2,1H3,(H,20,22)/t13-/m0/s1. The molecule has 1 aliphatic heterocycles. The molecular weight excluding hydrogens is 304 g/mol. The normalized spacial score (nSPS) is 14.7. The van der Waals surface area contributed by atoms with Crippen molar-refractivity contribution in [2.24, 2.45) is 0 Å². The van der Waals surface area contributed by atoms with Crippen LogP contribution in [0.15, 0.2) is 48.5 Å². The van der Waals surface area contributed by atoms with E-state index in [1.54, 1.807) is 17.6 Å². The van der Waals surface area contributed by atoms with Crippen molar-refractivity contribution in [1.82, 2.24) is 10.4 Å². The fourth-order valence-electron chi connectivity index (χ4n) is 3.11. The van der Waals surface area contributed by atoms with E-state index in [0.717, 1.165) is 16.7 Å². The lowest BCUT2D eigenvalue weighted by Gasteiger charge is -2.31. The predicted molar refractivity (Wildman–Crippen MR) is 89.7 cm³/mol. The molecule has 0 aromatic heterocycles. The van der Waals surface area contributed by atoms with Gasteiger partial charge in [-0.25, -0.2) is 5.48 Å². The van der Waals surface area contributed by atoms with Crippen molar-refractivity contribution in [3.8, 4) is 0 Å². The number of nitrogens with one attached hydrogen (secondary N) is 1. The molecule has 0 radical (unpaired) electrons. The topological polar surface area (TPSA) is 69.6 Å². The third-order valence-electron chi connectivity index (χ3n) is 4.56. The average molecular weight is 324 g/mol. The second-order valence-electron chi connectivity index (χ2n) is 6.07. The number of nitrogens with zero attached hydrogens (tertiary/aromatic N) is 1. The first kappa shape index (κ1) is 16.2. The number of fused-ring (bicyclic) bond motifs is 1. The molecule has 0 fully saturated rings. The number of hydrogen-bond donors (Lipinski definition) is 2. The highest BCUT2D eigenvalue weighted by Gasteiger charge is 2.25. The molecule has 3 rings (SSSR count). The second-order valence-corrected chi connectivity index (χ2v) is 6.07. The molecule has 1 atom stereocenters. The van der Waals surface area contributed by atoms with Crippen LogP contribution in [0.1, 0.15) is 39.9 Å². The Balaban J connectivity index is 1.75. The van der Waals surface area contributed by atoms with Crippen molar-refractivity contribution >= 4 is 11.8 Å². The lowest BCUT2D eigenvalue weighted by molar-refractivity contribution is -0.133. The van der Waals surface area contributed by atoms with Crippen molar-refractivity contribution < 1.29 is 14.8 Å². The summed E-state index contributed by atoms with van der Waals surface area (Å²) in [7, 11) is 0. The Labute approximate surface area is 140 Å². The van der Waals surface area contributed by atoms with Crippen LogP contribution in [0.25, 0.3) is 0 Å². The van der Waals surface area contributed by atoms with E-state index < -0.39 is 5.91 Å². The van der Waals surface area contributed by atoms with Gasteiger partial charge in [0, 0.05) is 18.7 Å². The summed E-state index contributed by atoms with van der Waals surface area (Å²) in [6, 6.07) is 15.1. The minimum absolute atomic E-state index is 0.115. The Morgan fingerprint density at radius 2 is 1.88 bits per heavy atom. The van der Waals surface area contributed by atoms with Gasteiger partial charge in [0.2, 0.25) is 5.91 Å². The van der Waals surface area contributed by atoms with Crippen LogP contribution in [0.5, 0.6) is 0 Å². The molecular formula is C19H20N2O3. The lowest BCUT2D eigenvalue weighted by Crippen LogP contribution is -2.38. The zero-order valence-corrected chi connectivity index (χ0v) is 13.5. The van der Waals surface area contributed by atoms with Crippen molar-refractivity contribution in [3.05, 3.63) is 70.8 Å². The van der Waals surface area contributed by atoms with Crippen LogP contribution in [0.3, 0.4) is 0 Å². The second kappa shape index (κ2) is 6.84. The van der Waals surface area contributed by atoms with Crippen LogP contribution in [0.4, 0.5) is 0 Å². The van der Waals surface area contributed by atoms with Crippen LogP contribution >= 0.6 is 0 Å². The number of carbonyl (C=O) groups excluding carboxylic acids is 2. The van der Waals surface area contributed by atoms with E-state index in [2.05, 4.69) is 0 Å². The van der Waals surface area contributed by atoms with Gasteiger partial charge < -0.3 is 4.90 Å². The summed E-state index contributed by atoms with van der Waals surface area (Å²) in [5.41, 5.74) is 5.18. The summed E-state index contributed by atoms with van der Waals surface area (Å²) in [5, 5.41) is 8.72. The maximum Gasteiger partial charge on any atom is 0.274 e. The monoisotopic (exact) mass is 324 g/mol. The number of hydroxylamine groups is 1. The van der Waals surface area contributed by atoms with E-state index in [1.807, 2.05) is 48.2 Å². The summed E-state index contributed by atoms with van der Waals surface area (Å²) < 4.78 is 0. The molecule has 1 heterocycles. The molecule has 0 saturated carbocycles. The van der Waals surface area contributed by atoms with Crippen LogP contribution in [-0.4, -0.2) is 28.5 Å². The Kier molecular flexibility index (Phi) is 4.62. The smallest absolute Gasteiger partial charge is 0.274 e. The van der Waals surface area contributed by atoms with Crippen molar-refractivity contribution in [3.63, 3.8) is 0 Å². The van der Waals surface area contributed by atoms with Crippen LogP contribution < -0.4 is 5.48 Å². The van der Waals surface area contributed by atoms with Gasteiger partial charge in [-0.3, -0.25) is 14.8 Å². The fraction of sp³-hybridized carbons (Fsp3) is 0.263. The number of rotatable bonds is 3. The maximum absolute atomic E-state index is 12.8. The average Bonchev–Trinajstić information content (AvgIpc) is 2.66. The first-order valence-electron chi connectivity index (χ1n) is 8.00. The maximum atomic E-state index is 12.8. The van der Waals surface area contributed by atoms with E-state index in [-0.39, 0.29) is 11.8 Å². The molecule has 24 heavy (non-hydrogen) atoms. The molecule has 5 nitrogen and oxygen atoms in total. The van der Waals surface area contributed by atoms with Gasteiger partial charge >= 0.3 is 0 Å². The minimum Gasteiger partial charge on any atom is -0.338 e. The third-order valence-corrected chi connectivity index (χ3v) is 4.56. The highest BCUT2D eigenvalue weighted by Crippen LogP contribution is 2.24. The molecule has 2 amide bonds. The fourth-order valence-corrected chi connectivity index (χ4v) is 3.11. The zero-order valence-electron chi connectivity index (χ0n) is 13.5. The Bertz CT molecular complexity index is 758. The van der Waals surface area contributed by atoms with E-state index >= 15 is 0 Å². The largest absolute Gasteiger partial charge is 0.338 e. The summed E-state index contributed by atoms with van der Waals surface area (Å²) in [6.45, 7) is 3.11. The van der Waals surface area contributed by atoms with Crippen molar-refractivity contribution in [2.45, 2.75) is 25.8 Å². The minimum atomic E-state index is -0.519. The van der Waals surface area contributed by atoms with Gasteiger partial charge in [0.05, 0.1) is 5.92 Å². The summed E-state index contributed by atoms with van der Waals surface area (Å²) >= 11 is 0. The summed E-state index contributed by atoms with van der Waals surface area (Å²) in [4.78, 5) is 26.1. The Morgan fingerprint density at radius 3 is 2.58 bits per heavy atom. The molecule has 2 N–H and O–H groups in total. The van der Waals surface area contributed by atoms with E-state index in [4.69, 9.17) is 5.21 Å². The molecule has 0 aliphatic carbocycles. The predicted octanol–water partition coefficient (Wildman–Crippen LogP) is 2.49.